The zero-order valence-electron chi connectivity index (χ0n) is 29.3. The molecule has 1 N–H and O–H groups in total. The first-order valence-corrected chi connectivity index (χ1v) is 18.1. The van der Waals surface area contributed by atoms with E-state index in [0.29, 0.717) is 12.8 Å². The summed E-state index contributed by atoms with van der Waals surface area (Å²) < 4.78 is 10.5. The van der Waals surface area contributed by atoms with Gasteiger partial charge >= 0.3 is 11.9 Å². The van der Waals surface area contributed by atoms with Gasteiger partial charge in [-0.3, -0.25) is 9.59 Å². The van der Waals surface area contributed by atoms with E-state index in [2.05, 4.69) is 98.9 Å². The van der Waals surface area contributed by atoms with Gasteiger partial charge in [0.15, 0.2) is 6.10 Å². The summed E-state index contributed by atoms with van der Waals surface area (Å²) in [4.78, 5) is 24.2. The van der Waals surface area contributed by atoms with Crippen molar-refractivity contribution in [1.82, 2.24) is 0 Å². The van der Waals surface area contributed by atoms with E-state index in [1.54, 1.807) is 0 Å². The Bertz CT molecular complexity index is 906. The van der Waals surface area contributed by atoms with E-state index >= 15 is 0 Å². The van der Waals surface area contributed by atoms with Crippen molar-refractivity contribution in [2.75, 3.05) is 13.2 Å². The van der Waals surface area contributed by atoms with Crippen LogP contribution in [0.15, 0.2) is 85.1 Å². The summed E-state index contributed by atoms with van der Waals surface area (Å²) in [7, 11) is 0. The van der Waals surface area contributed by atoms with Crippen LogP contribution in [0.25, 0.3) is 0 Å². The van der Waals surface area contributed by atoms with Crippen molar-refractivity contribution >= 4 is 11.9 Å². The quantitative estimate of drug-likeness (QED) is 0.0465. The first-order valence-electron chi connectivity index (χ1n) is 18.1. The van der Waals surface area contributed by atoms with E-state index in [0.717, 1.165) is 83.5 Å². The summed E-state index contributed by atoms with van der Waals surface area (Å²) in [5.74, 6) is -0.687. The molecule has 0 aliphatic rings. The fourth-order valence-corrected chi connectivity index (χ4v) is 4.44. The molecule has 0 bridgehead atoms. The third kappa shape index (κ3) is 34.0. The minimum Gasteiger partial charge on any atom is -0.462 e. The molecule has 0 aliphatic carbocycles. The van der Waals surface area contributed by atoms with Crippen LogP contribution in [0, 0.1) is 0 Å². The number of ether oxygens (including phenoxy) is 2. The molecule has 0 aliphatic heterocycles. The number of aliphatic hydroxyl groups is 1. The van der Waals surface area contributed by atoms with Crippen LogP contribution in [0.2, 0.25) is 0 Å². The van der Waals surface area contributed by atoms with Crippen molar-refractivity contribution in [2.45, 2.75) is 148 Å². The lowest BCUT2D eigenvalue weighted by molar-refractivity contribution is -0.161. The minimum absolute atomic E-state index is 0.102. The molecule has 0 saturated carbocycles. The lowest BCUT2D eigenvalue weighted by Gasteiger charge is -2.15. The van der Waals surface area contributed by atoms with Crippen molar-refractivity contribution in [3.8, 4) is 0 Å². The van der Waals surface area contributed by atoms with Crippen molar-refractivity contribution in [2.24, 2.45) is 0 Å². The third-order valence-corrected chi connectivity index (χ3v) is 7.17. The predicted molar refractivity (Wildman–Crippen MR) is 196 cm³/mol. The van der Waals surface area contributed by atoms with E-state index in [9.17, 15) is 14.7 Å². The molecule has 5 heteroatoms. The number of esters is 2. The molecule has 46 heavy (non-hydrogen) atoms. The van der Waals surface area contributed by atoms with Crippen molar-refractivity contribution in [3.05, 3.63) is 85.1 Å². The molecule has 0 unspecified atom stereocenters. The molecule has 0 aromatic rings. The topological polar surface area (TPSA) is 72.8 Å². The lowest BCUT2D eigenvalue weighted by Crippen LogP contribution is -2.28. The monoisotopic (exact) mass is 638 g/mol. The first-order chi connectivity index (χ1) is 22.6. The molecule has 0 radical (unpaired) electrons. The molecule has 0 rings (SSSR count). The van der Waals surface area contributed by atoms with Crippen LogP contribution in [0.3, 0.4) is 0 Å². The van der Waals surface area contributed by atoms with Gasteiger partial charge in [-0.1, -0.05) is 131 Å². The van der Waals surface area contributed by atoms with Crippen LogP contribution < -0.4 is 0 Å². The molecule has 0 saturated heterocycles. The lowest BCUT2D eigenvalue weighted by atomic mass is 10.1. The maximum absolute atomic E-state index is 12.1. The molecule has 5 nitrogen and oxygen atoms in total. The van der Waals surface area contributed by atoms with Gasteiger partial charge in [0, 0.05) is 12.8 Å². The Morgan fingerprint density at radius 2 is 0.957 bits per heavy atom. The largest absolute Gasteiger partial charge is 0.462 e. The van der Waals surface area contributed by atoms with Crippen LogP contribution >= 0.6 is 0 Å². The van der Waals surface area contributed by atoms with E-state index in [1.165, 1.54) is 25.7 Å². The summed E-state index contributed by atoms with van der Waals surface area (Å²) in [6, 6.07) is 0. The Morgan fingerprint density at radius 1 is 0.522 bits per heavy atom. The van der Waals surface area contributed by atoms with E-state index in [1.807, 2.05) is 0 Å². The van der Waals surface area contributed by atoms with E-state index in [-0.39, 0.29) is 31.6 Å². The van der Waals surface area contributed by atoms with Gasteiger partial charge in [-0.05, 0) is 83.5 Å². The summed E-state index contributed by atoms with van der Waals surface area (Å²) in [6.45, 7) is 3.91. The zero-order chi connectivity index (χ0) is 33.6. The van der Waals surface area contributed by atoms with Gasteiger partial charge in [-0.25, -0.2) is 0 Å². The SMILES string of the molecule is CC/C=C/C/C=C/C/C=C/CCCCCCCC(=O)OC[C@H](CO)OC(=O)CCC/C=C/C/C=C/C/C=C/C/C=C/CCCCC. The molecule has 0 heterocycles. The smallest absolute Gasteiger partial charge is 0.306 e. The summed E-state index contributed by atoms with van der Waals surface area (Å²) in [5, 5.41) is 9.52. The highest BCUT2D eigenvalue weighted by Crippen LogP contribution is 2.09. The number of unbranched alkanes of at least 4 members (excludes halogenated alkanes) is 9. The minimum atomic E-state index is -0.811. The number of hydrogen-bond donors (Lipinski definition) is 1. The molecule has 0 fully saturated rings. The Hall–Kier alpha value is -2.92. The number of aliphatic hydroxyl groups excluding tert-OH is 1. The van der Waals surface area contributed by atoms with Crippen LogP contribution in [-0.2, 0) is 19.1 Å². The van der Waals surface area contributed by atoms with Crippen LogP contribution in [0.5, 0.6) is 0 Å². The van der Waals surface area contributed by atoms with Gasteiger partial charge in [0.1, 0.15) is 6.61 Å². The fourth-order valence-electron chi connectivity index (χ4n) is 4.44. The van der Waals surface area contributed by atoms with Gasteiger partial charge in [0.2, 0.25) is 0 Å². The predicted octanol–water partition coefficient (Wildman–Crippen LogP) is 11.2. The van der Waals surface area contributed by atoms with Crippen molar-refractivity contribution < 1.29 is 24.2 Å². The number of rotatable bonds is 31. The standard InChI is InChI=1S/C41H66O5/c1-3-5-7-9-11-13-15-17-19-20-22-24-26-28-30-32-34-36-41(44)46-39(37-42)38-45-40(43)35-33-31-29-27-25-23-21-18-16-14-12-10-8-6-4-2/h6,8,11-14,17-19,21-22,24,28,30,39,42H,3-5,7,9-10,15-16,20,23,25-27,29,31-38H2,1-2H3/b8-6+,13-11+,14-12+,19-17+,21-18+,24-22+,30-28+/t39-/m0/s1. The summed E-state index contributed by atoms with van der Waals surface area (Å²) >= 11 is 0. The Kier molecular flexibility index (Phi) is 34.2. The fraction of sp³-hybridized carbons (Fsp3) is 0.610. The molecular formula is C41H66O5. The Morgan fingerprint density at radius 3 is 1.48 bits per heavy atom. The molecule has 0 spiro atoms. The maximum Gasteiger partial charge on any atom is 0.306 e. The number of allylic oxidation sites excluding steroid dienone is 14. The number of carbonyl (C=O) groups is 2. The zero-order valence-corrected chi connectivity index (χ0v) is 29.3. The third-order valence-electron chi connectivity index (χ3n) is 7.17. The average molecular weight is 639 g/mol. The van der Waals surface area contributed by atoms with Gasteiger partial charge in [-0.2, -0.15) is 0 Å². The summed E-state index contributed by atoms with van der Waals surface area (Å²) in [5.41, 5.74) is 0. The van der Waals surface area contributed by atoms with E-state index < -0.39 is 6.10 Å². The van der Waals surface area contributed by atoms with Gasteiger partial charge < -0.3 is 14.6 Å². The average Bonchev–Trinajstić information content (AvgIpc) is 3.06. The van der Waals surface area contributed by atoms with E-state index in [4.69, 9.17) is 9.47 Å². The van der Waals surface area contributed by atoms with Crippen LogP contribution in [-0.4, -0.2) is 36.4 Å². The Balaban J connectivity index is 3.74. The number of hydrogen-bond acceptors (Lipinski definition) is 5. The highest BCUT2D eigenvalue weighted by molar-refractivity contribution is 5.70. The highest BCUT2D eigenvalue weighted by atomic mass is 16.6. The second-order valence-corrected chi connectivity index (χ2v) is 11.6. The summed E-state index contributed by atoms with van der Waals surface area (Å²) in [6.07, 6.45) is 49.2. The van der Waals surface area contributed by atoms with Crippen LogP contribution in [0.1, 0.15) is 142 Å². The molecule has 0 aromatic carbocycles. The Labute approximate surface area is 282 Å². The second kappa shape index (κ2) is 36.5. The highest BCUT2D eigenvalue weighted by Gasteiger charge is 2.15. The maximum atomic E-state index is 12.1. The van der Waals surface area contributed by atoms with Gasteiger partial charge in [0.05, 0.1) is 6.61 Å². The second-order valence-electron chi connectivity index (χ2n) is 11.6. The van der Waals surface area contributed by atoms with Gasteiger partial charge in [0.25, 0.3) is 0 Å². The molecule has 260 valence electrons. The molecule has 0 amide bonds. The van der Waals surface area contributed by atoms with Gasteiger partial charge in [-0.15, -0.1) is 0 Å². The molecule has 0 aromatic heterocycles. The molecular weight excluding hydrogens is 572 g/mol. The number of carbonyl (C=O) groups excluding carboxylic acids is 2. The normalized spacial score (nSPS) is 13.2. The molecule has 1 atom stereocenters. The van der Waals surface area contributed by atoms with Crippen molar-refractivity contribution in [3.63, 3.8) is 0 Å². The van der Waals surface area contributed by atoms with Crippen molar-refractivity contribution in [1.29, 1.82) is 0 Å². The van der Waals surface area contributed by atoms with Crippen LogP contribution in [0.4, 0.5) is 0 Å². The first kappa shape index (κ1) is 43.1.